The molecule has 1 heterocycles. The molecule has 102 valence electrons. The van der Waals surface area contributed by atoms with Crippen molar-refractivity contribution in [1.29, 1.82) is 0 Å². The van der Waals surface area contributed by atoms with Gasteiger partial charge in [-0.05, 0) is 31.9 Å². The van der Waals surface area contributed by atoms with Crippen LogP contribution < -0.4 is 5.32 Å². The molecule has 0 bridgehead atoms. The van der Waals surface area contributed by atoms with E-state index in [0.29, 0.717) is 17.9 Å². The Balaban J connectivity index is 2.11. The van der Waals surface area contributed by atoms with Crippen molar-refractivity contribution >= 4 is 17.7 Å². The predicted octanol–water partition coefficient (Wildman–Crippen LogP) is 2.49. The molecule has 1 fully saturated rings. The highest BCUT2D eigenvalue weighted by Gasteiger charge is 2.20. The molecular formula is C14H18N2O3. The SMILES string of the molecule is CCOC(=O)c1ccccc1NC(=O)N1CCCC1. The Morgan fingerprint density at radius 3 is 2.63 bits per heavy atom. The third kappa shape index (κ3) is 3.24. The second kappa shape index (κ2) is 6.22. The Bertz CT molecular complexity index is 468. The van der Waals surface area contributed by atoms with E-state index < -0.39 is 5.97 Å². The summed E-state index contributed by atoms with van der Waals surface area (Å²) in [6.45, 7) is 3.61. The second-order valence-electron chi connectivity index (χ2n) is 4.39. The number of benzene rings is 1. The number of urea groups is 1. The monoisotopic (exact) mass is 262 g/mol. The fourth-order valence-electron chi connectivity index (χ4n) is 2.09. The Kier molecular flexibility index (Phi) is 4.39. The van der Waals surface area contributed by atoms with Crippen molar-refractivity contribution in [3.63, 3.8) is 0 Å². The summed E-state index contributed by atoms with van der Waals surface area (Å²) in [5, 5.41) is 2.78. The maximum atomic E-state index is 12.0. The van der Waals surface area contributed by atoms with Crippen LogP contribution in [0.15, 0.2) is 24.3 Å². The van der Waals surface area contributed by atoms with Crippen LogP contribution in [-0.2, 0) is 4.74 Å². The first kappa shape index (κ1) is 13.4. The first-order chi connectivity index (χ1) is 9.22. The number of nitrogens with one attached hydrogen (secondary N) is 1. The maximum absolute atomic E-state index is 12.0. The number of esters is 1. The molecule has 5 heteroatoms. The molecular weight excluding hydrogens is 244 g/mol. The number of amides is 2. The van der Waals surface area contributed by atoms with Gasteiger partial charge >= 0.3 is 12.0 Å². The molecule has 1 N–H and O–H groups in total. The van der Waals surface area contributed by atoms with E-state index in [1.54, 1.807) is 36.1 Å². The molecule has 0 atom stereocenters. The van der Waals surface area contributed by atoms with E-state index in [-0.39, 0.29) is 6.03 Å². The van der Waals surface area contributed by atoms with Gasteiger partial charge in [0.05, 0.1) is 17.9 Å². The van der Waals surface area contributed by atoms with Crippen molar-refractivity contribution in [2.24, 2.45) is 0 Å². The average Bonchev–Trinajstić information content (AvgIpc) is 2.93. The van der Waals surface area contributed by atoms with Gasteiger partial charge in [0.1, 0.15) is 0 Å². The lowest BCUT2D eigenvalue weighted by Crippen LogP contribution is -2.32. The summed E-state index contributed by atoms with van der Waals surface area (Å²) in [6, 6.07) is 6.73. The summed E-state index contributed by atoms with van der Waals surface area (Å²) in [5.74, 6) is -0.417. The lowest BCUT2D eigenvalue weighted by Gasteiger charge is -2.17. The summed E-state index contributed by atoms with van der Waals surface area (Å²) < 4.78 is 4.97. The van der Waals surface area contributed by atoms with Crippen molar-refractivity contribution in [3.8, 4) is 0 Å². The molecule has 0 aromatic heterocycles. The van der Waals surface area contributed by atoms with Crippen LogP contribution in [0.2, 0.25) is 0 Å². The van der Waals surface area contributed by atoms with Crippen LogP contribution in [0, 0.1) is 0 Å². The van der Waals surface area contributed by atoms with Crippen LogP contribution in [0.4, 0.5) is 10.5 Å². The highest BCUT2D eigenvalue weighted by Crippen LogP contribution is 2.18. The molecule has 1 aliphatic rings. The van der Waals surface area contributed by atoms with Gasteiger partial charge in [-0.25, -0.2) is 9.59 Å². The summed E-state index contributed by atoms with van der Waals surface area (Å²) in [6.07, 6.45) is 2.07. The number of carbonyl (C=O) groups is 2. The van der Waals surface area contributed by atoms with E-state index in [4.69, 9.17) is 4.74 Å². The highest BCUT2D eigenvalue weighted by molar-refractivity contribution is 6.00. The Labute approximate surface area is 112 Å². The smallest absolute Gasteiger partial charge is 0.340 e. The minimum Gasteiger partial charge on any atom is -0.462 e. The molecule has 0 spiro atoms. The fourth-order valence-corrected chi connectivity index (χ4v) is 2.09. The van der Waals surface area contributed by atoms with Crippen molar-refractivity contribution in [2.75, 3.05) is 25.0 Å². The van der Waals surface area contributed by atoms with Crippen LogP contribution in [0.25, 0.3) is 0 Å². The van der Waals surface area contributed by atoms with Crippen LogP contribution in [0.1, 0.15) is 30.1 Å². The van der Waals surface area contributed by atoms with Gasteiger partial charge < -0.3 is 15.0 Å². The van der Waals surface area contributed by atoms with Crippen LogP contribution in [0.3, 0.4) is 0 Å². The molecule has 1 aromatic carbocycles. The zero-order chi connectivity index (χ0) is 13.7. The first-order valence-corrected chi connectivity index (χ1v) is 6.54. The summed E-state index contributed by atoms with van der Waals surface area (Å²) in [7, 11) is 0. The topological polar surface area (TPSA) is 58.6 Å². The molecule has 2 amide bonds. The van der Waals surface area contributed by atoms with Gasteiger partial charge in [0.2, 0.25) is 0 Å². The summed E-state index contributed by atoms with van der Waals surface area (Å²) in [4.78, 5) is 25.5. The molecule has 19 heavy (non-hydrogen) atoms. The van der Waals surface area contributed by atoms with E-state index >= 15 is 0 Å². The van der Waals surface area contributed by atoms with E-state index in [1.165, 1.54) is 0 Å². The number of hydrogen-bond acceptors (Lipinski definition) is 3. The number of hydrogen-bond donors (Lipinski definition) is 1. The number of ether oxygens (including phenoxy) is 1. The lowest BCUT2D eigenvalue weighted by molar-refractivity contribution is 0.0527. The van der Waals surface area contributed by atoms with Crippen LogP contribution in [0.5, 0.6) is 0 Å². The third-order valence-corrected chi connectivity index (χ3v) is 3.06. The predicted molar refractivity (Wildman–Crippen MR) is 72.2 cm³/mol. The number of nitrogens with zero attached hydrogens (tertiary/aromatic N) is 1. The fraction of sp³-hybridized carbons (Fsp3) is 0.429. The normalized spacial score (nSPS) is 14.3. The van der Waals surface area contributed by atoms with Gasteiger partial charge in [0.25, 0.3) is 0 Å². The van der Waals surface area contributed by atoms with Gasteiger partial charge in [0.15, 0.2) is 0 Å². The van der Waals surface area contributed by atoms with Crippen LogP contribution >= 0.6 is 0 Å². The molecule has 0 saturated carbocycles. The summed E-state index contributed by atoms with van der Waals surface area (Å²) >= 11 is 0. The minimum atomic E-state index is -0.417. The quantitative estimate of drug-likeness (QED) is 0.851. The Hall–Kier alpha value is -2.04. The molecule has 1 saturated heterocycles. The van der Waals surface area contributed by atoms with E-state index in [2.05, 4.69) is 5.32 Å². The number of para-hydroxylation sites is 1. The molecule has 5 nitrogen and oxygen atoms in total. The van der Waals surface area contributed by atoms with Crippen molar-refractivity contribution in [3.05, 3.63) is 29.8 Å². The zero-order valence-corrected chi connectivity index (χ0v) is 11.0. The van der Waals surface area contributed by atoms with Gasteiger partial charge in [-0.15, -0.1) is 0 Å². The molecule has 0 unspecified atom stereocenters. The standard InChI is InChI=1S/C14H18N2O3/c1-2-19-13(17)11-7-3-4-8-12(11)15-14(18)16-9-5-6-10-16/h3-4,7-8H,2,5-6,9-10H2,1H3,(H,15,18). The first-order valence-electron chi connectivity index (χ1n) is 6.54. The van der Waals surface area contributed by atoms with E-state index in [0.717, 1.165) is 25.9 Å². The van der Waals surface area contributed by atoms with Crippen molar-refractivity contribution in [1.82, 2.24) is 4.90 Å². The Morgan fingerprint density at radius 2 is 1.95 bits per heavy atom. The van der Waals surface area contributed by atoms with Gasteiger partial charge in [-0.3, -0.25) is 0 Å². The third-order valence-electron chi connectivity index (χ3n) is 3.06. The van der Waals surface area contributed by atoms with E-state index in [1.807, 2.05) is 0 Å². The van der Waals surface area contributed by atoms with Gasteiger partial charge in [0, 0.05) is 13.1 Å². The number of carbonyl (C=O) groups excluding carboxylic acids is 2. The minimum absolute atomic E-state index is 0.158. The molecule has 1 aliphatic heterocycles. The molecule has 0 radical (unpaired) electrons. The van der Waals surface area contributed by atoms with Gasteiger partial charge in [-0.2, -0.15) is 0 Å². The Morgan fingerprint density at radius 1 is 1.26 bits per heavy atom. The lowest BCUT2D eigenvalue weighted by atomic mass is 10.2. The second-order valence-corrected chi connectivity index (χ2v) is 4.39. The van der Waals surface area contributed by atoms with E-state index in [9.17, 15) is 9.59 Å². The summed E-state index contributed by atoms with van der Waals surface area (Å²) in [5.41, 5.74) is 0.884. The van der Waals surface area contributed by atoms with Crippen molar-refractivity contribution < 1.29 is 14.3 Å². The molecule has 0 aliphatic carbocycles. The number of rotatable bonds is 3. The molecule has 1 aromatic rings. The zero-order valence-electron chi connectivity index (χ0n) is 11.0. The molecule has 2 rings (SSSR count). The average molecular weight is 262 g/mol. The number of anilines is 1. The maximum Gasteiger partial charge on any atom is 0.340 e. The highest BCUT2D eigenvalue weighted by atomic mass is 16.5. The number of likely N-dealkylation sites (tertiary alicyclic amines) is 1. The largest absolute Gasteiger partial charge is 0.462 e. The van der Waals surface area contributed by atoms with Gasteiger partial charge in [-0.1, -0.05) is 12.1 Å². The van der Waals surface area contributed by atoms with Crippen molar-refractivity contribution in [2.45, 2.75) is 19.8 Å². The van der Waals surface area contributed by atoms with Crippen LogP contribution in [-0.4, -0.2) is 36.6 Å².